The zero-order chi connectivity index (χ0) is 12.1. The quantitative estimate of drug-likeness (QED) is 0.859. The Morgan fingerprint density at radius 1 is 1.53 bits per heavy atom. The van der Waals surface area contributed by atoms with Crippen LogP contribution in [0.5, 0.6) is 0 Å². The summed E-state index contributed by atoms with van der Waals surface area (Å²) in [6.07, 6.45) is 6.16. The highest BCUT2D eigenvalue weighted by Gasteiger charge is 2.20. The van der Waals surface area contributed by atoms with Crippen molar-refractivity contribution in [3.63, 3.8) is 0 Å². The number of methoxy groups -OCH3 is 1. The Balaban J connectivity index is 2.07. The largest absolute Gasteiger partial charge is 0.380 e. The molecule has 0 aliphatic carbocycles. The normalized spacial score (nSPS) is 20.4. The molecule has 0 amide bonds. The first-order valence-corrected chi connectivity index (χ1v) is 6.17. The summed E-state index contributed by atoms with van der Waals surface area (Å²) in [5.74, 6) is 1.77. The van der Waals surface area contributed by atoms with Gasteiger partial charge in [0, 0.05) is 26.7 Å². The van der Waals surface area contributed by atoms with Crippen LogP contribution in [0.1, 0.15) is 19.8 Å². The fourth-order valence-corrected chi connectivity index (χ4v) is 2.11. The molecule has 0 bridgehead atoms. The molecular weight excluding hydrogens is 216 g/mol. The summed E-state index contributed by atoms with van der Waals surface area (Å²) in [4.78, 5) is 11.0. The molecule has 94 valence electrons. The van der Waals surface area contributed by atoms with Crippen LogP contribution in [0, 0.1) is 0 Å². The molecule has 0 saturated carbocycles. The van der Waals surface area contributed by atoms with Crippen molar-refractivity contribution in [3.8, 4) is 0 Å². The number of piperidine rings is 1. The van der Waals surface area contributed by atoms with Crippen LogP contribution in [0.4, 0.5) is 11.6 Å². The van der Waals surface area contributed by atoms with Crippen molar-refractivity contribution in [2.45, 2.75) is 25.9 Å². The number of nitrogens with zero attached hydrogens (tertiary/aromatic N) is 3. The number of rotatable bonds is 4. The molecule has 1 aliphatic rings. The first-order chi connectivity index (χ1) is 8.33. The zero-order valence-electron chi connectivity index (χ0n) is 10.5. The molecule has 0 radical (unpaired) electrons. The van der Waals surface area contributed by atoms with Gasteiger partial charge in [0.15, 0.2) is 0 Å². The topological polar surface area (TPSA) is 50.3 Å². The molecule has 1 N–H and O–H groups in total. The summed E-state index contributed by atoms with van der Waals surface area (Å²) in [5, 5.41) is 3.18. The van der Waals surface area contributed by atoms with E-state index < -0.39 is 0 Å². The van der Waals surface area contributed by atoms with Crippen LogP contribution < -0.4 is 10.2 Å². The maximum Gasteiger partial charge on any atom is 0.149 e. The first kappa shape index (κ1) is 12.1. The molecule has 1 aromatic heterocycles. The Hall–Kier alpha value is -1.36. The highest BCUT2D eigenvalue weighted by Crippen LogP contribution is 2.19. The van der Waals surface area contributed by atoms with Crippen molar-refractivity contribution in [1.29, 1.82) is 0 Å². The second-order valence-electron chi connectivity index (χ2n) is 4.24. The van der Waals surface area contributed by atoms with E-state index in [2.05, 4.69) is 27.1 Å². The summed E-state index contributed by atoms with van der Waals surface area (Å²) in [6.45, 7) is 4.85. The SMILES string of the molecule is CCNc1cncc(N2CCCC(OC)C2)n1. The van der Waals surface area contributed by atoms with Crippen LogP contribution in [0.15, 0.2) is 12.4 Å². The van der Waals surface area contributed by atoms with Crippen LogP contribution in [0.3, 0.4) is 0 Å². The van der Waals surface area contributed by atoms with Gasteiger partial charge in [-0.05, 0) is 19.8 Å². The molecule has 2 rings (SSSR count). The van der Waals surface area contributed by atoms with Crippen molar-refractivity contribution in [2.75, 3.05) is 37.0 Å². The van der Waals surface area contributed by atoms with Crippen molar-refractivity contribution >= 4 is 11.6 Å². The number of anilines is 2. The van der Waals surface area contributed by atoms with E-state index in [0.717, 1.165) is 44.1 Å². The Kier molecular flexibility index (Phi) is 4.14. The second-order valence-corrected chi connectivity index (χ2v) is 4.24. The fourth-order valence-electron chi connectivity index (χ4n) is 2.11. The predicted molar refractivity (Wildman–Crippen MR) is 68.4 cm³/mol. The summed E-state index contributed by atoms with van der Waals surface area (Å²) >= 11 is 0. The number of ether oxygens (including phenoxy) is 1. The van der Waals surface area contributed by atoms with Crippen LogP contribution in [0.25, 0.3) is 0 Å². The molecule has 5 nitrogen and oxygen atoms in total. The van der Waals surface area contributed by atoms with E-state index in [1.165, 1.54) is 0 Å². The van der Waals surface area contributed by atoms with E-state index in [1.54, 1.807) is 13.3 Å². The Morgan fingerprint density at radius 2 is 2.41 bits per heavy atom. The molecule has 2 heterocycles. The molecule has 1 aliphatic heterocycles. The predicted octanol–water partition coefficient (Wildman–Crippen LogP) is 1.52. The van der Waals surface area contributed by atoms with Crippen LogP contribution in [-0.2, 0) is 4.74 Å². The van der Waals surface area contributed by atoms with E-state index >= 15 is 0 Å². The summed E-state index contributed by atoms with van der Waals surface area (Å²) in [6, 6.07) is 0. The Morgan fingerprint density at radius 3 is 3.18 bits per heavy atom. The minimum absolute atomic E-state index is 0.313. The first-order valence-electron chi connectivity index (χ1n) is 6.17. The van der Waals surface area contributed by atoms with Gasteiger partial charge in [0.2, 0.25) is 0 Å². The number of nitrogens with one attached hydrogen (secondary N) is 1. The molecule has 5 heteroatoms. The minimum Gasteiger partial charge on any atom is -0.380 e. The minimum atomic E-state index is 0.313. The molecule has 1 unspecified atom stereocenters. The van der Waals surface area contributed by atoms with Gasteiger partial charge >= 0.3 is 0 Å². The number of hydrogen-bond donors (Lipinski definition) is 1. The Labute approximate surface area is 102 Å². The molecule has 1 saturated heterocycles. The van der Waals surface area contributed by atoms with E-state index in [-0.39, 0.29) is 0 Å². The van der Waals surface area contributed by atoms with Gasteiger partial charge in [-0.25, -0.2) is 4.98 Å². The van der Waals surface area contributed by atoms with Gasteiger partial charge in [0.1, 0.15) is 11.6 Å². The number of hydrogen-bond acceptors (Lipinski definition) is 5. The smallest absolute Gasteiger partial charge is 0.149 e. The summed E-state index contributed by atoms with van der Waals surface area (Å²) in [7, 11) is 1.77. The maximum absolute atomic E-state index is 5.42. The lowest BCUT2D eigenvalue weighted by Gasteiger charge is -2.32. The van der Waals surface area contributed by atoms with Crippen molar-refractivity contribution in [1.82, 2.24) is 9.97 Å². The molecule has 1 atom stereocenters. The van der Waals surface area contributed by atoms with Gasteiger partial charge in [0.05, 0.1) is 18.5 Å². The van der Waals surface area contributed by atoms with E-state index in [4.69, 9.17) is 4.74 Å². The standard InChI is InChI=1S/C12H20N4O/c1-3-14-11-7-13-8-12(15-11)16-6-4-5-10(9-16)17-2/h7-8,10H,3-6,9H2,1-2H3,(H,14,15). The highest BCUT2D eigenvalue weighted by molar-refractivity contribution is 5.44. The monoisotopic (exact) mass is 236 g/mol. The van der Waals surface area contributed by atoms with Gasteiger partial charge in [-0.3, -0.25) is 4.98 Å². The molecule has 17 heavy (non-hydrogen) atoms. The van der Waals surface area contributed by atoms with Gasteiger partial charge in [-0.1, -0.05) is 0 Å². The van der Waals surface area contributed by atoms with Gasteiger partial charge in [0.25, 0.3) is 0 Å². The lowest BCUT2D eigenvalue weighted by atomic mass is 10.1. The molecule has 0 spiro atoms. The molecular formula is C12H20N4O. The molecule has 0 aromatic carbocycles. The van der Waals surface area contributed by atoms with E-state index in [1.807, 2.05) is 6.20 Å². The third kappa shape index (κ3) is 3.06. The highest BCUT2D eigenvalue weighted by atomic mass is 16.5. The van der Waals surface area contributed by atoms with Crippen LogP contribution in [0.2, 0.25) is 0 Å². The van der Waals surface area contributed by atoms with Crippen LogP contribution >= 0.6 is 0 Å². The average Bonchev–Trinajstić information content (AvgIpc) is 2.40. The molecule has 1 aromatic rings. The third-order valence-corrected chi connectivity index (χ3v) is 3.02. The lowest BCUT2D eigenvalue weighted by molar-refractivity contribution is 0.0891. The van der Waals surface area contributed by atoms with Gasteiger partial charge in [-0.15, -0.1) is 0 Å². The fraction of sp³-hybridized carbons (Fsp3) is 0.667. The van der Waals surface area contributed by atoms with Crippen molar-refractivity contribution in [3.05, 3.63) is 12.4 Å². The van der Waals surface area contributed by atoms with Crippen molar-refractivity contribution in [2.24, 2.45) is 0 Å². The maximum atomic E-state index is 5.42. The average molecular weight is 236 g/mol. The summed E-state index contributed by atoms with van der Waals surface area (Å²) < 4.78 is 5.42. The lowest BCUT2D eigenvalue weighted by Crippen LogP contribution is -2.39. The van der Waals surface area contributed by atoms with Gasteiger partial charge in [-0.2, -0.15) is 0 Å². The van der Waals surface area contributed by atoms with E-state index in [9.17, 15) is 0 Å². The number of aromatic nitrogens is 2. The third-order valence-electron chi connectivity index (χ3n) is 3.02. The summed E-state index contributed by atoms with van der Waals surface area (Å²) in [5.41, 5.74) is 0. The van der Waals surface area contributed by atoms with E-state index in [0.29, 0.717) is 6.10 Å². The van der Waals surface area contributed by atoms with Crippen LogP contribution in [-0.4, -0.2) is 42.8 Å². The molecule has 1 fully saturated rings. The second kappa shape index (κ2) is 5.82. The van der Waals surface area contributed by atoms with Gasteiger partial charge < -0.3 is 15.0 Å². The zero-order valence-corrected chi connectivity index (χ0v) is 10.5. The Bertz CT molecular complexity index is 358. The van der Waals surface area contributed by atoms with Crippen molar-refractivity contribution < 1.29 is 4.74 Å².